The number of carboxylic acid groups (broad SMARTS) is 1. The topological polar surface area (TPSA) is 66.8 Å². The number of carbonyl (C=O) groups is 2. The summed E-state index contributed by atoms with van der Waals surface area (Å²) in [5, 5.41) is 9.42. The lowest BCUT2D eigenvalue weighted by molar-refractivity contribution is -0.130. The Bertz CT molecular complexity index is 776. The maximum Gasteiger partial charge on any atom is 0.335 e. The van der Waals surface area contributed by atoms with Gasteiger partial charge in [0.05, 0.1) is 5.56 Å². The van der Waals surface area contributed by atoms with Crippen LogP contribution >= 0.6 is 11.8 Å². The van der Waals surface area contributed by atoms with E-state index in [2.05, 4.69) is 13.2 Å². The van der Waals surface area contributed by atoms with E-state index in [0.717, 1.165) is 22.7 Å². The van der Waals surface area contributed by atoms with Gasteiger partial charge in [-0.05, 0) is 35.6 Å². The lowest BCUT2D eigenvalue weighted by Gasteiger charge is -2.31. The van der Waals surface area contributed by atoms with E-state index in [-0.39, 0.29) is 17.6 Å². The molecule has 27 heavy (non-hydrogen) atoms. The smallest absolute Gasteiger partial charge is 0.335 e. The molecule has 1 saturated heterocycles. The van der Waals surface area contributed by atoms with Crippen LogP contribution < -0.4 is 4.74 Å². The van der Waals surface area contributed by atoms with E-state index >= 15 is 0 Å². The molecule has 1 aromatic rings. The summed E-state index contributed by atoms with van der Waals surface area (Å²) >= 11 is 1.46. The average molecular weight is 388 g/mol. The van der Waals surface area contributed by atoms with Crippen LogP contribution in [0.3, 0.4) is 0 Å². The Morgan fingerprint density at radius 1 is 1.22 bits per heavy atom. The van der Waals surface area contributed by atoms with Crippen LogP contribution in [-0.4, -0.2) is 41.1 Å². The van der Waals surface area contributed by atoms with Gasteiger partial charge < -0.3 is 14.7 Å². The molecular formula is C21H25NO4S. The number of hydrogen-bond acceptors (Lipinski definition) is 4. The van der Waals surface area contributed by atoms with Gasteiger partial charge in [0.15, 0.2) is 0 Å². The van der Waals surface area contributed by atoms with Gasteiger partial charge in [-0.1, -0.05) is 37.1 Å². The van der Waals surface area contributed by atoms with Gasteiger partial charge in [-0.15, -0.1) is 0 Å². The number of nitrogens with zero attached hydrogens (tertiary/aromatic N) is 1. The molecule has 0 radical (unpaired) electrons. The highest BCUT2D eigenvalue weighted by molar-refractivity contribution is 8.11. The minimum Gasteiger partial charge on any atom is -0.490 e. The molecule has 0 saturated carbocycles. The number of piperidine rings is 1. The molecule has 0 aliphatic carbocycles. The Labute approximate surface area is 164 Å². The average Bonchev–Trinajstić information content (AvgIpc) is 2.62. The first kappa shape index (κ1) is 20.8. The highest BCUT2D eigenvalue weighted by atomic mass is 32.2. The molecular weight excluding hydrogens is 362 g/mol. The molecule has 0 spiro atoms. The third-order valence-corrected chi connectivity index (χ3v) is 5.24. The first-order valence-corrected chi connectivity index (χ1v) is 9.58. The predicted octanol–water partition coefficient (Wildman–Crippen LogP) is 4.57. The van der Waals surface area contributed by atoms with E-state index in [1.165, 1.54) is 17.8 Å². The minimum atomic E-state index is -1.01. The van der Waals surface area contributed by atoms with Crippen LogP contribution in [0.25, 0.3) is 4.91 Å². The summed E-state index contributed by atoms with van der Waals surface area (Å²) in [5.74, 6) is -0.428. The molecule has 0 atom stereocenters. The second-order valence-corrected chi connectivity index (χ2v) is 7.75. The second kappa shape index (κ2) is 9.46. The molecule has 1 aliphatic heterocycles. The standard InChI is InChI=1S/C21H25NO4S/c1-5-6-14(2)27-15(3)17-11-18(21(24)25)13-20(12-17)26-19-7-9-22(10-8-19)16(4)23/h5-6,11-13,19H,1,3,7-10H2,2,4H3,(H,24,25)/b14-6-. The van der Waals surface area contributed by atoms with Gasteiger partial charge in [0, 0.05) is 37.8 Å². The van der Waals surface area contributed by atoms with E-state index in [1.807, 2.05) is 19.1 Å². The highest BCUT2D eigenvalue weighted by Gasteiger charge is 2.22. The lowest BCUT2D eigenvalue weighted by Crippen LogP contribution is -2.40. The van der Waals surface area contributed by atoms with Crippen LogP contribution in [0.4, 0.5) is 0 Å². The quantitative estimate of drug-likeness (QED) is 0.694. The van der Waals surface area contributed by atoms with Crippen molar-refractivity contribution in [3.05, 3.63) is 59.5 Å². The van der Waals surface area contributed by atoms with Crippen molar-refractivity contribution in [2.24, 2.45) is 0 Å². The number of hydrogen-bond donors (Lipinski definition) is 1. The van der Waals surface area contributed by atoms with E-state index in [4.69, 9.17) is 4.74 Å². The van der Waals surface area contributed by atoms with Crippen LogP contribution in [0, 0.1) is 0 Å². The maximum atomic E-state index is 11.5. The summed E-state index contributed by atoms with van der Waals surface area (Å²) in [6.45, 7) is 12.5. The zero-order valence-electron chi connectivity index (χ0n) is 15.7. The van der Waals surface area contributed by atoms with Crippen LogP contribution in [0.2, 0.25) is 0 Å². The van der Waals surface area contributed by atoms with Crippen molar-refractivity contribution in [2.75, 3.05) is 13.1 Å². The fraction of sp³-hybridized carbons (Fsp3) is 0.333. The third-order valence-electron chi connectivity index (χ3n) is 4.30. The number of allylic oxidation sites excluding steroid dienone is 3. The number of carbonyl (C=O) groups excluding carboxylic acids is 1. The zero-order valence-corrected chi connectivity index (χ0v) is 16.6. The summed E-state index contributed by atoms with van der Waals surface area (Å²) in [6.07, 6.45) is 4.98. The van der Waals surface area contributed by atoms with E-state index in [0.29, 0.717) is 24.4 Å². The van der Waals surface area contributed by atoms with E-state index < -0.39 is 5.97 Å². The first-order valence-electron chi connectivity index (χ1n) is 8.77. The van der Waals surface area contributed by atoms with Crippen molar-refractivity contribution in [1.29, 1.82) is 0 Å². The fourth-order valence-electron chi connectivity index (χ4n) is 2.89. The molecule has 1 heterocycles. The van der Waals surface area contributed by atoms with Gasteiger partial charge in [-0.25, -0.2) is 4.79 Å². The second-order valence-electron chi connectivity index (χ2n) is 6.41. The Kier molecular flexibility index (Phi) is 7.30. The Hall–Kier alpha value is -2.47. The van der Waals surface area contributed by atoms with E-state index in [9.17, 15) is 14.7 Å². The first-order chi connectivity index (χ1) is 12.8. The molecule has 1 amide bonds. The molecule has 0 aromatic heterocycles. The third kappa shape index (κ3) is 6.03. The van der Waals surface area contributed by atoms with Gasteiger partial charge in [-0.2, -0.15) is 0 Å². The number of aromatic carboxylic acids is 1. The van der Waals surface area contributed by atoms with Crippen molar-refractivity contribution in [3.8, 4) is 5.75 Å². The SMILES string of the molecule is C=C/C=C(/C)SC(=C)c1cc(OC2CCN(C(C)=O)CC2)cc(C(=O)O)c1. The molecule has 1 aromatic carbocycles. The number of rotatable bonds is 7. The van der Waals surface area contributed by atoms with Crippen molar-refractivity contribution < 1.29 is 19.4 Å². The molecule has 2 rings (SSSR count). The van der Waals surface area contributed by atoms with Crippen molar-refractivity contribution in [2.45, 2.75) is 32.8 Å². The van der Waals surface area contributed by atoms with Gasteiger partial charge >= 0.3 is 5.97 Å². The number of ether oxygens (including phenoxy) is 1. The number of thioether (sulfide) groups is 1. The number of amides is 1. The van der Waals surface area contributed by atoms with Crippen LogP contribution in [0.5, 0.6) is 5.75 Å². The molecule has 5 nitrogen and oxygen atoms in total. The van der Waals surface area contributed by atoms with Gasteiger partial charge in [0.1, 0.15) is 11.9 Å². The summed E-state index contributed by atoms with van der Waals surface area (Å²) in [5.41, 5.74) is 0.878. The zero-order chi connectivity index (χ0) is 20.0. The Morgan fingerprint density at radius 2 is 1.85 bits per heavy atom. The fourth-order valence-corrected chi connectivity index (χ4v) is 3.67. The molecule has 144 valence electrons. The molecule has 1 fully saturated rings. The monoisotopic (exact) mass is 387 g/mol. The maximum absolute atomic E-state index is 11.5. The van der Waals surface area contributed by atoms with Crippen molar-refractivity contribution >= 4 is 28.5 Å². The molecule has 1 N–H and O–H groups in total. The minimum absolute atomic E-state index is 0.0409. The predicted molar refractivity (Wildman–Crippen MR) is 110 cm³/mol. The lowest BCUT2D eigenvalue weighted by atomic mass is 10.1. The number of carboxylic acids is 1. The van der Waals surface area contributed by atoms with Crippen molar-refractivity contribution in [3.63, 3.8) is 0 Å². The summed E-state index contributed by atoms with van der Waals surface area (Å²) < 4.78 is 6.04. The summed E-state index contributed by atoms with van der Waals surface area (Å²) in [4.78, 5) is 26.5. The molecule has 1 aliphatic rings. The van der Waals surface area contributed by atoms with Crippen LogP contribution in [-0.2, 0) is 4.79 Å². The largest absolute Gasteiger partial charge is 0.490 e. The normalized spacial score (nSPS) is 15.3. The number of likely N-dealkylation sites (tertiary alicyclic amines) is 1. The molecule has 6 heteroatoms. The Morgan fingerprint density at radius 3 is 2.41 bits per heavy atom. The highest BCUT2D eigenvalue weighted by Crippen LogP contribution is 2.34. The van der Waals surface area contributed by atoms with Gasteiger partial charge in [0.2, 0.25) is 5.91 Å². The molecule has 0 bridgehead atoms. The van der Waals surface area contributed by atoms with Gasteiger partial charge in [-0.3, -0.25) is 4.79 Å². The molecule has 0 unspecified atom stereocenters. The van der Waals surface area contributed by atoms with Gasteiger partial charge in [0.25, 0.3) is 0 Å². The van der Waals surface area contributed by atoms with Crippen LogP contribution in [0.1, 0.15) is 42.6 Å². The van der Waals surface area contributed by atoms with Crippen molar-refractivity contribution in [1.82, 2.24) is 4.90 Å². The summed E-state index contributed by atoms with van der Waals surface area (Å²) in [6, 6.07) is 4.96. The van der Waals surface area contributed by atoms with Crippen LogP contribution in [0.15, 0.2) is 48.4 Å². The number of benzene rings is 1. The Balaban J connectivity index is 2.16. The van der Waals surface area contributed by atoms with E-state index in [1.54, 1.807) is 24.0 Å². The summed E-state index contributed by atoms with van der Waals surface area (Å²) in [7, 11) is 0.